The fourth-order valence-electron chi connectivity index (χ4n) is 20.3. The number of allylic oxidation sites excluding steroid dienone is 1. The number of unbranched alkanes of at least 4 members (excludes halogenated alkanes) is 14. The van der Waals surface area contributed by atoms with Crippen LogP contribution in [0.4, 0.5) is 22.7 Å². The molecule has 18 aromatic carbocycles. The molecule has 0 amide bonds. The molecule has 0 radical (unpaired) electrons. The van der Waals surface area contributed by atoms with Gasteiger partial charge in [-0.05, 0) is 211 Å². The maximum Gasteiger partial charge on any atom is 0.0507 e. The number of rotatable bonds is 27. The van der Waals surface area contributed by atoms with Gasteiger partial charge >= 0.3 is 0 Å². The molecular weight excluding hydrogens is 1260 g/mol. The summed E-state index contributed by atoms with van der Waals surface area (Å²) < 4.78 is 0. The summed E-state index contributed by atoms with van der Waals surface area (Å²) in [6.45, 7) is 13.5. The van der Waals surface area contributed by atoms with Crippen LogP contribution >= 0.6 is 0 Å². The second kappa shape index (κ2) is 25.3. The van der Waals surface area contributed by atoms with E-state index >= 15 is 0 Å². The molecule has 0 heterocycles. The van der Waals surface area contributed by atoms with Crippen LogP contribution in [0, 0.1) is 20.9 Å². The van der Waals surface area contributed by atoms with Crippen molar-refractivity contribution in [3.05, 3.63) is 227 Å². The molecule has 510 valence electrons. The Morgan fingerprint density at radius 1 is 0.279 bits per heavy atom. The molecule has 0 spiro atoms. The van der Waals surface area contributed by atoms with Gasteiger partial charge in [0.2, 0.25) is 0 Å². The Bertz CT molecular complexity index is 6530. The summed E-state index contributed by atoms with van der Waals surface area (Å²) >= 11 is 0. The number of nitrogens with one attached hydrogen (secondary N) is 4. The van der Waals surface area contributed by atoms with Gasteiger partial charge in [-0.3, -0.25) is 0 Å². The van der Waals surface area contributed by atoms with Gasteiger partial charge in [0.05, 0.1) is 11.4 Å². The molecule has 104 heavy (non-hydrogen) atoms. The van der Waals surface area contributed by atoms with Crippen molar-refractivity contribution in [3.63, 3.8) is 0 Å². The summed E-state index contributed by atoms with van der Waals surface area (Å²) in [5.74, 6) is 0. The lowest BCUT2D eigenvalue weighted by Gasteiger charge is -2.18. The van der Waals surface area contributed by atoms with Crippen LogP contribution in [0.25, 0.3) is 185 Å². The highest BCUT2D eigenvalue weighted by Gasteiger charge is 2.34. The van der Waals surface area contributed by atoms with Gasteiger partial charge in [0.1, 0.15) is 0 Å². The van der Waals surface area contributed by atoms with E-state index in [-0.39, 0.29) is 0 Å². The van der Waals surface area contributed by atoms with Crippen molar-refractivity contribution in [2.24, 2.45) is 0 Å². The number of fused-ring (bicyclic) bond motifs is 15. The molecule has 0 atom stereocenters. The Labute approximate surface area is 608 Å². The van der Waals surface area contributed by atoms with E-state index in [1.54, 1.807) is 0 Å². The van der Waals surface area contributed by atoms with Gasteiger partial charge in [0, 0.05) is 69.5 Å². The molecule has 4 nitrogen and oxygen atoms in total. The standard InChI is InChI=1S/C100H90N4/c1-6-9-12-15-18-29-56-102-79-54-55-80(104-58(4)31-22-17-14-11-8-3)92-72-47-39-62-64-41-49-74-88-73(48-40-63(84(64)88)61-38-46-71(91(79)92)87(72)83(61)62)93-81(59-32-23-20-24-33-59)95-75-50-42-65-67-44-52-77-90-78(98-97(77)99(101-5)69-36-27-28-37-70(69)100(98)103-57-30-19-16-13-10-7-2)53-45-68(86(67)90)66-43-51-76(89(75)85(65)66)96(95)82(94(74)93)60-34-25-21-26-35-60/h20-21,23-28,32-55,101-104H,4,6-19,22,29-31,56-57H2,1-3,5H3. The Balaban J connectivity index is 0.810. The first kappa shape index (κ1) is 63.0. The molecule has 4 N–H and O–H groups in total. The monoisotopic (exact) mass is 1350 g/mol. The molecule has 0 saturated heterocycles. The fourth-order valence-corrected chi connectivity index (χ4v) is 20.3. The van der Waals surface area contributed by atoms with Crippen LogP contribution in [-0.2, 0) is 0 Å². The van der Waals surface area contributed by atoms with Crippen molar-refractivity contribution >= 4 is 163 Å². The van der Waals surface area contributed by atoms with Gasteiger partial charge in [-0.15, -0.1) is 0 Å². The largest absolute Gasteiger partial charge is 0.387 e. The quantitative estimate of drug-likeness (QED) is 0.0179. The lowest BCUT2D eigenvalue weighted by Crippen LogP contribution is -2.05. The highest BCUT2D eigenvalue weighted by atomic mass is 14.9. The lowest BCUT2D eigenvalue weighted by atomic mass is 9.87. The van der Waals surface area contributed by atoms with E-state index in [0.717, 1.165) is 43.7 Å². The predicted octanol–water partition coefficient (Wildman–Crippen LogP) is 29.2. The Hall–Kier alpha value is -10.7. The zero-order chi connectivity index (χ0) is 69.4. The second-order valence-corrected chi connectivity index (χ2v) is 30.8. The molecule has 20 rings (SSSR count). The predicted molar refractivity (Wildman–Crippen MR) is 455 cm³/mol. The number of anilines is 4. The Kier molecular flexibility index (Phi) is 15.4. The van der Waals surface area contributed by atoms with Crippen molar-refractivity contribution in [1.29, 1.82) is 0 Å². The highest BCUT2D eigenvalue weighted by Crippen LogP contribution is 2.61. The normalized spacial score (nSPS) is 12.7. The SMILES string of the molecule is C=C(CCCCCCC)Nc1ccc(NCCCCCCCC)c2c1-c1ccc3c4ccc5c6c(-c7ccccc7)c7c8ccc9c%10ccc%11c%12c(ccc(c%13ccc(c7c(-c7ccccc7)c6c6ccc(c7ccc-2c1c73)c4c65)c8c%139)c%12%10)=c1c(NC)c2ccccc2c(NCCCCCCCC)c1=%11. The molecule has 0 bridgehead atoms. The van der Waals surface area contributed by atoms with E-state index in [1.165, 1.54) is 319 Å². The third kappa shape index (κ3) is 9.22. The van der Waals surface area contributed by atoms with Crippen molar-refractivity contribution in [2.75, 3.05) is 41.4 Å². The Morgan fingerprint density at radius 2 is 0.635 bits per heavy atom. The van der Waals surface area contributed by atoms with E-state index in [4.69, 9.17) is 0 Å². The van der Waals surface area contributed by atoms with Crippen molar-refractivity contribution in [3.8, 4) is 44.5 Å². The van der Waals surface area contributed by atoms with Gasteiger partial charge in [-0.25, -0.2) is 0 Å². The maximum absolute atomic E-state index is 4.65. The zero-order valence-electron chi connectivity index (χ0n) is 60.8. The highest BCUT2D eigenvalue weighted by molar-refractivity contribution is 6.52. The summed E-state index contributed by atoms with van der Waals surface area (Å²) in [6, 6.07) is 76.5. The first-order valence-electron chi connectivity index (χ1n) is 39.6. The minimum absolute atomic E-state index is 0.955. The maximum atomic E-state index is 4.65. The summed E-state index contributed by atoms with van der Waals surface area (Å²) in [5.41, 5.74) is 16.4. The minimum atomic E-state index is 0.955. The molecular formula is C100H90N4. The molecule has 4 heteroatoms. The Morgan fingerprint density at radius 3 is 1.12 bits per heavy atom. The minimum Gasteiger partial charge on any atom is -0.387 e. The van der Waals surface area contributed by atoms with Gasteiger partial charge in [0.25, 0.3) is 0 Å². The summed E-state index contributed by atoms with van der Waals surface area (Å²) in [5, 5.41) is 55.8. The van der Waals surface area contributed by atoms with E-state index < -0.39 is 0 Å². The molecule has 2 aliphatic rings. The van der Waals surface area contributed by atoms with E-state index in [9.17, 15) is 0 Å². The van der Waals surface area contributed by atoms with Crippen molar-refractivity contribution in [2.45, 2.75) is 136 Å². The van der Waals surface area contributed by atoms with Crippen LogP contribution < -0.4 is 21.3 Å². The van der Waals surface area contributed by atoms with E-state index in [1.807, 2.05) is 0 Å². The summed E-state index contributed by atoms with van der Waals surface area (Å²) in [7, 11) is 2.11. The van der Waals surface area contributed by atoms with Crippen LogP contribution in [0.5, 0.6) is 0 Å². The van der Waals surface area contributed by atoms with Crippen LogP contribution in [0.3, 0.4) is 0 Å². The van der Waals surface area contributed by atoms with Crippen molar-refractivity contribution < 1.29 is 0 Å². The van der Waals surface area contributed by atoms with Crippen LogP contribution in [0.1, 0.15) is 136 Å². The number of benzene rings is 16. The molecule has 0 aromatic heterocycles. The first-order valence-corrected chi connectivity index (χ1v) is 39.6. The first-order chi connectivity index (χ1) is 51.5. The van der Waals surface area contributed by atoms with Gasteiger partial charge in [-0.1, -0.05) is 299 Å². The third-order valence-corrected chi connectivity index (χ3v) is 24.8. The van der Waals surface area contributed by atoms with E-state index in [2.05, 4.69) is 250 Å². The third-order valence-electron chi connectivity index (χ3n) is 24.8. The van der Waals surface area contributed by atoms with Crippen LogP contribution in [-0.4, -0.2) is 20.1 Å². The van der Waals surface area contributed by atoms with Crippen LogP contribution in [0.2, 0.25) is 0 Å². The van der Waals surface area contributed by atoms with Crippen LogP contribution in [0.15, 0.2) is 206 Å². The second-order valence-electron chi connectivity index (χ2n) is 30.8. The molecule has 0 unspecified atom stereocenters. The average molecular weight is 1350 g/mol. The molecule has 0 aliphatic heterocycles. The summed E-state index contributed by atoms with van der Waals surface area (Å²) in [6.07, 6.45) is 22.5. The average Bonchev–Trinajstić information content (AvgIpc) is 1.49. The van der Waals surface area contributed by atoms with Gasteiger partial charge in [0.15, 0.2) is 0 Å². The van der Waals surface area contributed by atoms with Gasteiger partial charge in [-0.2, -0.15) is 0 Å². The lowest BCUT2D eigenvalue weighted by molar-refractivity contribution is 0.617. The topological polar surface area (TPSA) is 48.1 Å². The molecule has 18 aromatic rings. The van der Waals surface area contributed by atoms with E-state index in [0.29, 0.717) is 0 Å². The fraction of sp³-hybridized carbons (Fsp3) is 0.240. The smallest absolute Gasteiger partial charge is 0.0507 e. The van der Waals surface area contributed by atoms with Crippen molar-refractivity contribution in [1.82, 2.24) is 0 Å². The zero-order valence-corrected chi connectivity index (χ0v) is 60.8. The summed E-state index contributed by atoms with van der Waals surface area (Å²) in [4.78, 5) is 0. The number of hydrogen-bond acceptors (Lipinski definition) is 4. The molecule has 2 aliphatic carbocycles. The molecule has 0 saturated carbocycles. The number of hydrogen-bond donors (Lipinski definition) is 4. The molecule has 0 fully saturated rings. The van der Waals surface area contributed by atoms with Gasteiger partial charge < -0.3 is 21.3 Å².